The fourth-order valence-corrected chi connectivity index (χ4v) is 2.30. The van der Waals surface area contributed by atoms with Crippen LogP contribution in [-0.4, -0.2) is 6.04 Å². The smallest absolute Gasteiger partial charge is 0.139 e. The van der Waals surface area contributed by atoms with E-state index in [4.69, 9.17) is 0 Å². The zero-order chi connectivity index (χ0) is 12.8. The number of hydrogen-bond acceptors (Lipinski definition) is 1. The van der Waals surface area contributed by atoms with E-state index in [9.17, 15) is 4.39 Å². The first-order chi connectivity index (χ1) is 8.04. The second-order valence-electron chi connectivity index (χ2n) is 4.62. The maximum Gasteiger partial charge on any atom is 0.139 e. The Kier molecular flexibility index (Phi) is 5.96. The molecule has 0 saturated carbocycles. The van der Waals surface area contributed by atoms with Crippen molar-refractivity contribution in [3.05, 3.63) is 28.0 Å². The summed E-state index contributed by atoms with van der Waals surface area (Å²) in [6.45, 7) is 6.34. The van der Waals surface area contributed by atoms with Gasteiger partial charge in [-0.3, -0.25) is 0 Å². The highest BCUT2D eigenvalue weighted by molar-refractivity contribution is 9.10. The molecule has 1 unspecified atom stereocenters. The van der Waals surface area contributed by atoms with Crippen LogP contribution in [0.4, 0.5) is 10.1 Å². The summed E-state index contributed by atoms with van der Waals surface area (Å²) in [6, 6.07) is 3.77. The van der Waals surface area contributed by atoms with Crippen LogP contribution in [0.2, 0.25) is 0 Å². The minimum atomic E-state index is -0.209. The van der Waals surface area contributed by atoms with Crippen molar-refractivity contribution in [2.75, 3.05) is 5.32 Å². The predicted octanol–water partition coefficient (Wildman–Crippen LogP) is 5.28. The largest absolute Gasteiger partial charge is 0.382 e. The Morgan fingerprint density at radius 1 is 1.35 bits per heavy atom. The molecule has 3 heteroatoms. The maximum absolute atomic E-state index is 13.4. The SMILES string of the molecule is CCCCCC(C)Nc1cc(F)c(Br)cc1C. The lowest BCUT2D eigenvalue weighted by Crippen LogP contribution is -2.15. The van der Waals surface area contributed by atoms with Crippen LogP contribution in [0.3, 0.4) is 0 Å². The van der Waals surface area contributed by atoms with Gasteiger partial charge in [0.2, 0.25) is 0 Å². The first-order valence-corrected chi connectivity index (χ1v) is 7.06. The molecule has 0 aliphatic rings. The van der Waals surface area contributed by atoms with Crippen LogP contribution in [0.1, 0.15) is 45.1 Å². The van der Waals surface area contributed by atoms with Gasteiger partial charge in [0.15, 0.2) is 0 Å². The highest BCUT2D eigenvalue weighted by atomic mass is 79.9. The van der Waals surface area contributed by atoms with Crippen molar-refractivity contribution in [1.82, 2.24) is 0 Å². The van der Waals surface area contributed by atoms with E-state index >= 15 is 0 Å². The summed E-state index contributed by atoms with van der Waals surface area (Å²) < 4.78 is 14.0. The van der Waals surface area contributed by atoms with Gasteiger partial charge in [0, 0.05) is 11.7 Å². The number of anilines is 1. The molecule has 1 atom stereocenters. The van der Waals surface area contributed by atoms with Crippen LogP contribution in [0, 0.1) is 12.7 Å². The maximum atomic E-state index is 13.4. The van der Waals surface area contributed by atoms with E-state index in [1.54, 1.807) is 6.07 Å². The summed E-state index contributed by atoms with van der Waals surface area (Å²) in [6.07, 6.45) is 4.85. The van der Waals surface area contributed by atoms with Gasteiger partial charge in [-0.1, -0.05) is 26.2 Å². The molecule has 0 amide bonds. The van der Waals surface area contributed by atoms with Crippen molar-refractivity contribution in [3.63, 3.8) is 0 Å². The van der Waals surface area contributed by atoms with Crippen molar-refractivity contribution < 1.29 is 4.39 Å². The molecule has 0 radical (unpaired) electrons. The molecule has 0 spiro atoms. The van der Waals surface area contributed by atoms with Crippen molar-refractivity contribution in [2.24, 2.45) is 0 Å². The quantitative estimate of drug-likeness (QED) is 0.705. The Morgan fingerprint density at radius 2 is 2.06 bits per heavy atom. The van der Waals surface area contributed by atoms with Crippen LogP contribution < -0.4 is 5.32 Å². The molecule has 0 heterocycles. The Bertz CT molecular complexity index is 365. The molecule has 17 heavy (non-hydrogen) atoms. The number of hydrogen-bond donors (Lipinski definition) is 1. The van der Waals surface area contributed by atoms with E-state index in [1.165, 1.54) is 19.3 Å². The van der Waals surface area contributed by atoms with Crippen molar-refractivity contribution in [3.8, 4) is 0 Å². The Morgan fingerprint density at radius 3 is 2.71 bits per heavy atom. The van der Waals surface area contributed by atoms with Crippen LogP contribution in [0.5, 0.6) is 0 Å². The van der Waals surface area contributed by atoms with Gasteiger partial charge in [-0.05, 0) is 53.9 Å². The van der Waals surface area contributed by atoms with Gasteiger partial charge in [0.25, 0.3) is 0 Å². The van der Waals surface area contributed by atoms with Gasteiger partial charge in [-0.25, -0.2) is 4.39 Å². The molecule has 0 fully saturated rings. The molecule has 1 aromatic carbocycles. The third-order valence-electron chi connectivity index (χ3n) is 2.91. The molecule has 1 aromatic rings. The summed E-state index contributed by atoms with van der Waals surface area (Å²) in [5, 5.41) is 3.38. The van der Waals surface area contributed by atoms with Crippen LogP contribution in [-0.2, 0) is 0 Å². The third kappa shape index (κ3) is 4.66. The molecular weight excluding hydrogens is 281 g/mol. The number of unbranched alkanes of at least 4 members (excludes halogenated alkanes) is 2. The van der Waals surface area contributed by atoms with Gasteiger partial charge in [-0.2, -0.15) is 0 Å². The molecule has 0 aromatic heterocycles. The normalized spacial score (nSPS) is 12.5. The van der Waals surface area contributed by atoms with E-state index in [-0.39, 0.29) is 5.82 Å². The zero-order valence-electron chi connectivity index (χ0n) is 10.8. The van der Waals surface area contributed by atoms with Gasteiger partial charge in [0.1, 0.15) is 5.82 Å². The topological polar surface area (TPSA) is 12.0 Å². The second kappa shape index (κ2) is 7.00. The van der Waals surface area contributed by atoms with E-state index < -0.39 is 0 Å². The van der Waals surface area contributed by atoms with E-state index in [0.717, 1.165) is 17.7 Å². The van der Waals surface area contributed by atoms with E-state index in [1.807, 2.05) is 13.0 Å². The summed E-state index contributed by atoms with van der Waals surface area (Å²) in [5.41, 5.74) is 1.97. The predicted molar refractivity (Wildman–Crippen MR) is 76.1 cm³/mol. The lowest BCUT2D eigenvalue weighted by molar-refractivity contribution is 0.609. The Labute approximate surface area is 112 Å². The molecule has 1 rings (SSSR count). The van der Waals surface area contributed by atoms with Gasteiger partial charge >= 0.3 is 0 Å². The first kappa shape index (κ1) is 14.5. The van der Waals surface area contributed by atoms with Gasteiger partial charge in [0.05, 0.1) is 4.47 Å². The second-order valence-corrected chi connectivity index (χ2v) is 5.48. The molecule has 96 valence electrons. The summed E-state index contributed by atoms with van der Waals surface area (Å²) >= 11 is 3.19. The molecule has 1 nitrogen and oxygen atoms in total. The highest BCUT2D eigenvalue weighted by Crippen LogP contribution is 2.24. The highest BCUT2D eigenvalue weighted by Gasteiger charge is 2.08. The average molecular weight is 302 g/mol. The van der Waals surface area contributed by atoms with Gasteiger partial charge < -0.3 is 5.32 Å². The van der Waals surface area contributed by atoms with Crippen LogP contribution >= 0.6 is 15.9 Å². The lowest BCUT2D eigenvalue weighted by Gasteiger charge is -2.17. The molecule has 0 aliphatic carbocycles. The number of halogens is 2. The average Bonchev–Trinajstić information content (AvgIpc) is 2.26. The Balaban J connectivity index is 2.58. The minimum absolute atomic E-state index is 0.209. The fraction of sp³-hybridized carbons (Fsp3) is 0.571. The zero-order valence-corrected chi connectivity index (χ0v) is 12.4. The van der Waals surface area contributed by atoms with Crippen molar-refractivity contribution >= 4 is 21.6 Å². The lowest BCUT2D eigenvalue weighted by atomic mass is 10.1. The molecular formula is C14H21BrFN. The summed E-state index contributed by atoms with van der Waals surface area (Å²) in [4.78, 5) is 0. The summed E-state index contributed by atoms with van der Waals surface area (Å²) in [5.74, 6) is -0.209. The molecule has 1 N–H and O–H groups in total. The van der Waals surface area contributed by atoms with Crippen LogP contribution in [0.25, 0.3) is 0 Å². The monoisotopic (exact) mass is 301 g/mol. The number of benzene rings is 1. The van der Waals surface area contributed by atoms with Crippen molar-refractivity contribution in [2.45, 2.75) is 52.5 Å². The minimum Gasteiger partial charge on any atom is -0.382 e. The molecule has 0 bridgehead atoms. The van der Waals surface area contributed by atoms with Crippen molar-refractivity contribution in [1.29, 1.82) is 0 Å². The van der Waals surface area contributed by atoms with E-state index in [0.29, 0.717) is 10.5 Å². The third-order valence-corrected chi connectivity index (χ3v) is 3.52. The Hall–Kier alpha value is -0.570. The molecule has 0 saturated heterocycles. The number of nitrogens with one attached hydrogen (secondary N) is 1. The standard InChI is InChI=1S/C14H21BrFN/c1-4-5-6-7-11(3)17-14-9-13(16)12(15)8-10(14)2/h8-9,11,17H,4-7H2,1-3H3. The van der Waals surface area contributed by atoms with Gasteiger partial charge in [-0.15, -0.1) is 0 Å². The first-order valence-electron chi connectivity index (χ1n) is 6.26. The van der Waals surface area contributed by atoms with E-state index in [2.05, 4.69) is 35.1 Å². The van der Waals surface area contributed by atoms with Crippen LogP contribution in [0.15, 0.2) is 16.6 Å². The number of rotatable bonds is 6. The summed E-state index contributed by atoms with van der Waals surface area (Å²) in [7, 11) is 0. The fourth-order valence-electron chi connectivity index (χ4n) is 1.84. The molecule has 0 aliphatic heterocycles. The number of aryl methyl sites for hydroxylation is 1.